The summed E-state index contributed by atoms with van der Waals surface area (Å²) >= 11 is 0. The fraction of sp³-hybridized carbons (Fsp3) is 0.200. The Morgan fingerprint density at radius 1 is 1.54 bits per heavy atom. The molecule has 1 rings (SSSR count). The standard InChI is InChI=1S/C10H12FNO/c1-13-10-5-4-8(3-2-6-12)7-9(10)11/h2-5,7H,6,12H2,1H3/b3-2+. The van der Waals surface area contributed by atoms with Gasteiger partial charge in [0.25, 0.3) is 0 Å². The zero-order valence-electron chi connectivity index (χ0n) is 7.46. The lowest BCUT2D eigenvalue weighted by atomic mass is 10.2. The summed E-state index contributed by atoms with van der Waals surface area (Å²) in [5.41, 5.74) is 6.05. The molecule has 0 fully saturated rings. The highest BCUT2D eigenvalue weighted by Crippen LogP contribution is 2.18. The van der Waals surface area contributed by atoms with Crippen LogP contribution in [0.3, 0.4) is 0 Å². The van der Waals surface area contributed by atoms with Crippen molar-refractivity contribution in [3.63, 3.8) is 0 Å². The minimum absolute atomic E-state index is 0.255. The SMILES string of the molecule is COc1ccc(/C=C/CN)cc1F. The smallest absolute Gasteiger partial charge is 0.165 e. The molecule has 0 saturated carbocycles. The van der Waals surface area contributed by atoms with E-state index < -0.39 is 0 Å². The Kier molecular flexibility index (Phi) is 3.46. The molecule has 70 valence electrons. The molecule has 0 saturated heterocycles. The highest BCUT2D eigenvalue weighted by molar-refractivity contribution is 5.51. The lowest BCUT2D eigenvalue weighted by Crippen LogP contribution is -1.92. The van der Waals surface area contributed by atoms with Crippen molar-refractivity contribution < 1.29 is 9.13 Å². The molecule has 1 aromatic carbocycles. The second-order valence-corrected chi connectivity index (χ2v) is 2.53. The van der Waals surface area contributed by atoms with Gasteiger partial charge in [-0.05, 0) is 17.7 Å². The van der Waals surface area contributed by atoms with Crippen LogP contribution in [0.2, 0.25) is 0 Å². The number of benzene rings is 1. The van der Waals surface area contributed by atoms with Crippen LogP contribution in [0.1, 0.15) is 5.56 Å². The topological polar surface area (TPSA) is 35.2 Å². The molecular formula is C10H12FNO. The summed E-state index contributed by atoms with van der Waals surface area (Å²) in [4.78, 5) is 0. The maximum atomic E-state index is 13.1. The molecule has 0 bridgehead atoms. The number of nitrogens with two attached hydrogens (primary N) is 1. The first-order valence-electron chi connectivity index (χ1n) is 3.98. The van der Waals surface area contributed by atoms with Gasteiger partial charge < -0.3 is 10.5 Å². The van der Waals surface area contributed by atoms with Crippen LogP contribution < -0.4 is 10.5 Å². The van der Waals surface area contributed by atoms with Gasteiger partial charge in [-0.15, -0.1) is 0 Å². The Morgan fingerprint density at radius 2 is 2.31 bits per heavy atom. The van der Waals surface area contributed by atoms with Crippen LogP contribution >= 0.6 is 0 Å². The van der Waals surface area contributed by atoms with Crippen molar-refractivity contribution in [3.05, 3.63) is 35.7 Å². The van der Waals surface area contributed by atoms with Crippen molar-refractivity contribution >= 4 is 6.08 Å². The van der Waals surface area contributed by atoms with Crippen LogP contribution in [0.4, 0.5) is 4.39 Å². The van der Waals surface area contributed by atoms with E-state index in [1.54, 1.807) is 24.3 Å². The van der Waals surface area contributed by atoms with E-state index in [2.05, 4.69) is 0 Å². The highest BCUT2D eigenvalue weighted by atomic mass is 19.1. The largest absolute Gasteiger partial charge is 0.494 e. The van der Waals surface area contributed by atoms with Gasteiger partial charge >= 0.3 is 0 Å². The Morgan fingerprint density at radius 3 is 2.85 bits per heavy atom. The maximum Gasteiger partial charge on any atom is 0.165 e. The van der Waals surface area contributed by atoms with Crippen LogP contribution in [0.15, 0.2) is 24.3 Å². The summed E-state index contributed by atoms with van der Waals surface area (Å²) < 4.78 is 17.9. The number of methoxy groups -OCH3 is 1. The number of hydrogen-bond acceptors (Lipinski definition) is 2. The molecule has 0 heterocycles. The third-order valence-corrected chi connectivity index (χ3v) is 1.62. The zero-order chi connectivity index (χ0) is 9.68. The van der Waals surface area contributed by atoms with Gasteiger partial charge in [0.05, 0.1) is 7.11 Å². The molecule has 2 N–H and O–H groups in total. The monoisotopic (exact) mass is 181 g/mol. The number of hydrogen-bond donors (Lipinski definition) is 1. The molecule has 1 aromatic rings. The van der Waals surface area contributed by atoms with E-state index in [0.717, 1.165) is 5.56 Å². The molecule has 0 radical (unpaired) electrons. The molecule has 2 nitrogen and oxygen atoms in total. The molecule has 0 aliphatic carbocycles. The lowest BCUT2D eigenvalue weighted by Gasteiger charge is -2.01. The summed E-state index contributed by atoms with van der Waals surface area (Å²) in [7, 11) is 1.44. The first kappa shape index (κ1) is 9.74. The average molecular weight is 181 g/mol. The molecule has 0 aliphatic heterocycles. The predicted octanol–water partition coefficient (Wildman–Crippen LogP) is 1.81. The van der Waals surface area contributed by atoms with Gasteiger partial charge in [-0.2, -0.15) is 0 Å². The van der Waals surface area contributed by atoms with E-state index in [9.17, 15) is 4.39 Å². The molecule has 13 heavy (non-hydrogen) atoms. The second-order valence-electron chi connectivity index (χ2n) is 2.53. The third kappa shape index (κ3) is 2.56. The van der Waals surface area contributed by atoms with E-state index in [1.807, 2.05) is 0 Å². The quantitative estimate of drug-likeness (QED) is 0.771. The Labute approximate surface area is 76.8 Å². The van der Waals surface area contributed by atoms with Crippen molar-refractivity contribution in [3.8, 4) is 5.75 Å². The van der Waals surface area contributed by atoms with Crippen LogP contribution in [0, 0.1) is 5.82 Å². The summed E-state index contributed by atoms with van der Waals surface area (Å²) in [5.74, 6) is -0.105. The minimum Gasteiger partial charge on any atom is -0.494 e. The van der Waals surface area contributed by atoms with Gasteiger partial charge in [-0.1, -0.05) is 18.2 Å². The Hall–Kier alpha value is -1.35. The van der Waals surface area contributed by atoms with Gasteiger partial charge in [0, 0.05) is 6.54 Å². The zero-order valence-corrected chi connectivity index (χ0v) is 7.46. The number of rotatable bonds is 3. The fourth-order valence-electron chi connectivity index (χ4n) is 0.990. The predicted molar refractivity (Wildman–Crippen MR) is 51.0 cm³/mol. The summed E-state index contributed by atoms with van der Waals surface area (Å²) in [6.07, 6.45) is 3.53. The molecular weight excluding hydrogens is 169 g/mol. The molecule has 0 atom stereocenters. The fourth-order valence-corrected chi connectivity index (χ4v) is 0.990. The van der Waals surface area contributed by atoms with Crippen molar-refractivity contribution in [2.75, 3.05) is 13.7 Å². The molecule has 0 unspecified atom stereocenters. The van der Waals surface area contributed by atoms with Crippen molar-refractivity contribution in [1.82, 2.24) is 0 Å². The summed E-state index contributed by atoms with van der Waals surface area (Å²) in [6, 6.07) is 4.77. The van der Waals surface area contributed by atoms with Gasteiger partial charge in [-0.3, -0.25) is 0 Å². The van der Waals surface area contributed by atoms with Crippen LogP contribution in [-0.2, 0) is 0 Å². The average Bonchev–Trinajstić information content (AvgIpc) is 2.15. The van der Waals surface area contributed by atoms with Crippen molar-refractivity contribution in [2.24, 2.45) is 5.73 Å². The first-order valence-corrected chi connectivity index (χ1v) is 3.98. The first-order chi connectivity index (χ1) is 6.27. The second kappa shape index (κ2) is 4.62. The van der Waals surface area contributed by atoms with E-state index >= 15 is 0 Å². The van der Waals surface area contributed by atoms with Crippen molar-refractivity contribution in [2.45, 2.75) is 0 Å². The van der Waals surface area contributed by atoms with Gasteiger partial charge in [-0.25, -0.2) is 4.39 Å². The third-order valence-electron chi connectivity index (χ3n) is 1.62. The highest BCUT2D eigenvalue weighted by Gasteiger charge is 2.00. The van der Waals surface area contributed by atoms with Gasteiger partial charge in [0.15, 0.2) is 11.6 Å². The number of halogens is 1. The lowest BCUT2D eigenvalue weighted by molar-refractivity contribution is 0.386. The normalized spacial score (nSPS) is 10.7. The van der Waals surface area contributed by atoms with Gasteiger partial charge in [0.1, 0.15) is 0 Å². The Bertz CT molecular complexity index is 310. The van der Waals surface area contributed by atoms with Gasteiger partial charge in [0.2, 0.25) is 0 Å². The van der Waals surface area contributed by atoms with Crippen molar-refractivity contribution in [1.29, 1.82) is 0 Å². The van der Waals surface area contributed by atoms with E-state index in [0.29, 0.717) is 6.54 Å². The van der Waals surface area contributed by atoms with Crippen LogP contribution in [-0.4, -0.2) is 13.7 Å². The summed E-state index contributed by atoms with van der Waals surface area (Å²) in [5, 5.41) is 0. The maximum absolute atomic E-state index is 13.1. The minimum atomic E-state index is -0.360. The van der Waals surface area contributed by atoms with E-state index in [-0.39, 0.29) is 11.6 Å². The van der Waals surface area contributed by atoms with Crippen LogP contribution in [0.5, 0.6) is 5.75 Å². The Balaban J connectivity index is 2.89. The van der Waals surface area contributed by atoms with E-state index in [1.165, 1.54) is 13.2 Å². The van der Waals surface area contributed by atoms with E-state index in [4.69, 9.17) is 10.5 Å². The summed E-state index contributed by atoms with van der Waals surface area (Å²) in [6.45, 7) is 0.452. The molecule has 0 aromatic heterocycles. The van der Waals surface area contributed by atoms with Crippen LogP contribution in [0.25, 0.3) is 6.08 Å². The molecule has 0 amide bonds. The molecule has 0 aliphatic rings. The number of ether oxygens (including phenoxy) is 1. The molecule has 3 heteroatoms. The molecule has 0 spiro atoms.